The molecule has 1 aromatic heterocycles. The molecule has 2 aromatic carbocycles. The van der Waals surface area contributed by atoms with Crippen molar-refractivity contribution in [2.24, 2.45) is 0 Å². The molecule has 0 saturated heterocycles. The van der Waals surface area contributed by atoms with Gasteiger partial charge in [-0.15, -0.1) is 0 Å². The van der Waals surface area contributed by atoms with Crippen LogP contribution in [0.3, 0.4) is 0 Å². The molecule has 2 N–H and O–H groups in total. The Morgan fingerprint density at radius 3 is 2.55 bits per heavy atom. The summed E-state index contributed by atoms with van der Waals surface area (Å²) in [7, 11) is -4.54. The number of halogens is 3. The molecule has 174 valence electrons. The number of carbonyl (C=O) groups excluding carboxylic acids is 1. The van der Waals surface area contributed by atoms with Gasteiger partial charge in [0.2, 0.25) is 15.7 Å². The average molecular weight is 498 g/mol. The highest BCUT2D eigenvalue weighted by atomic mass is 32.2. The summed E-state index contributed by atoms with van der Waals surface area (Å²) in [5.74, 6) is -0.468. The Hall–Kier alpha value is -3.12. The number of nitrogens with one attached hydrogen (secondary N) is 2. The van der Waals surface area contributed by atoms with E-state index in [-0.39, 0.29) is 16.8 Å². The number of aromatic amines is 1. The first-order valence-corrected chi connectivity index (χ1v) is 12.0. The third-order valence-corrected chi connectivity index (χ3v) is 7.15. The molecule has 7 nitrogen and oxygen atoms in total. The summed E-state index contributed by atoms with van der Waals surface area (Å²) in [5, 5.41) is 2.74. The molecule has 0 radical (unpaired) electrons. The Balaban J connectivity index is 1.75. The number of amides is 1. The summed E-state index contributed by atoms with van der Waals surface area (Å²) < 4.78 is 64.1. The number of hydrogen-bond acceptors (Lipinski definition) is 6. The minimum Gasteiger partial charge on any atom is -0.325 e. The van der Waals surface area contributed by atoms with Crippen LogP contribution < -0.4 is 10.9 Å². The van der Waals surface area contributed by atoms with E-state index in [4.69, 9.17) is 0 Å². The zero-order chi connectivity index (χ0) is 24.2. The van der Waals surface area contributed by atoms with Crippen LogP contribution in [0.2, 0.25) is 0 Å². The predicted octanol–water partition coefficient (Wildman–Crippen LogP) is 3.91. The van der Waals surface area contributed by atoms with Gasteiger partial charge in [0.25, 0.3) is 5.56 Å². The Labute approximate surface area is 191 Å². The van der Waals surface area contributed by atoms with E-state index in [1.165, 1.54) is 0 Å². The van der Waals surface area contributed by atoms with Gasteiger partial charge in [-0.2, -0.15) is 13.2 Å². The molecule has 0 saturated carbocycles. The van der Waals surface area contributed by atoms with Gasteiger partial charge >= 0.3 is 6.18 Å². The van der Waals surface area contributed by atoms with Crippen LogP contribution >= 0.6 is 11.8 Å². The molecule has 1 heterocycles. The van der Waals surface area contributed by atoms with Gasteiger partial charge in [0.1, 0.15) is 0 Å². The molecule has 0 unspecified atom stereocenters. The summed E-state index contributed by atoms with van der Waals surface area (Å²) in [6.07, 6.45) is -3.25. The van der Waals surface area contributed by atoms with Crippen molar-refractivity contribution in [2.75, 3.05) is 11.1 Å². The smallest absolute Gasteiger partial charge is 0.325 e. The van der Waals surface area contributed by atoms with Gasteiger partial charge in [-0.25, -0.2) is 13.4 Å². The SMILES string of the molecule is CCc1ccccc1NC(=O)CSc1ncc(S(=O)(=O)c2cccc(C(F)(F)F)c2)c(=O)[nH]1. The number of para-hydroxylation sites is 1. The fraction of sp³-hybridized carbons (Fsp3) is 0.190. The van der Waals surface area contributed by atoms with Crippen LogP contribution in [0.5, 0.6) is 0 Å². The fourth-order valence-electron chi connectivity index (χ4n) is 2.87. The van der Waals surface area contributed by atoms with Crippen LogP contribution in [0.1, 0.15) is 18.1 Å². The molecule has 0 atom stereocenters. The van der Waals surface area contributed by atoms with E-state index < -0.39 is 36.9 Å². The van der Waals surface area contributed by atoms with Crippen molar-refractivity contribution < 1.29 is 26.4 Å². The normalized spacial score (nSPS) is 11.9. The number of nitrogens with zero attached hydrogens (tertiary/aromatic N) is 1. The van der Waals surface area contributed by atoms with E-state index in [0.29, 0.717) is 11.8 Å². The van der Waals surface area contributed by atoms with Gasteiger partial charge in [0.05, 0.1) is 22.4 Å². The maximum atomic E-state index is 12.9. The minimum absolute atomic E-state index is 0.0121. The van der Waals surface area contributed by atoms with Gasteiger partial charge < -0.3 is 10.3 Å². The zero-order valence-electron chi connectivity index (χ0n) is 17.1. The number of aryl methyl sites for hydroxylation is 1. The average Bonchev–Trinajstić information content (AvgIpc) is 2.77. The zero-order valence-corrected chi connectivity index (χ0v) is 18.8. The van der Waals surface area contributed by atoms with E-state index in [0.717, 1.165) is 48.1 Å². The molecule has 3 rings (SSSR count). The van der Waals surface area contributed by atoms with Gasteiger partial charge in [-0.3, -0.25) is 9.59 Å². The Morgan fingerprint density at radius 1 is 1.15 bits per heavy atom. The summed E-state index contributed by atoms with van der Waals surface area (Å²) in [4.78, 5) is 29.2. The molecular formula is C21H18F3N3O4S2. The Kier molecular flexibility index (Phi) is 7.28. The van der Waals surface area contributed by atoms with E-state index in [9.17, 15) is 31.2 Å². The lowest BCUT2D eigenvalue weighted by atomic mass is 10.1. The molecule has 12 heteroatoms. The standard InChI is InChI=1S/C21H18F3N3O4S2/c1-2-13-6-3-4-9-16(13)26-18(28)12-32-20-25-11-17(19(29)27-20)33(30,31)15-8-5-7-14(10-15)21(22,23)24/h3-11H,2,12H2,1H3,(H,26,28)(H,25,27,29). The van der Waals surface area contributed by atoms with Gasteiger partial charge in [0, 0.05) is 5.69 Å². The number of hydrogen-bond donors (Lipinski definition) is 2. The largest absolute Gasteiger partial charge is 0.416 e. The molecule has 0 spiro atoms. The van der Waals surface area contributed by atoms with Crippen molar-refractivity contribution in [3.8, 4) is 0 Å². The molecular weight excluding hydrogens is 479 g/mol. The van der Waals surface area contributed by atoms with E-state index in [2.05, 4.69) is 15.3 Å². The monoisotopic (exact) mass is 497 g/mol. The van der Waals surface area contributed by atoms with Gasteiger partial charge in [-0.05, 0) is 36.2 Å². The Bertz CT molecular complexity index is 1340. The number of H-pyrrole nitrogens is 1. The second kappa shape index (κ2) is 9.79. The fourth-order valence-corrected chi connectivity index (χ4v) is 4.78. The van der Waals surface area contributed by atoms with Crippen molar-refractivity contribution >= 4 is 33.2 Å². The molecule has 0 fully saturated rings. The summed E-state index contributed by atoms with van der Waals surface area (Å²) in [5.41, 5.74) is -0.599. The second-order valence-corrected chi connectivity index (χ2v) is 9.64. The maximum Gasteiger partial charge on any atom is 0.416 e. The third-order valence-electron chi connectivity index (χ3n) is 4.52. The van der Waals surface area contributed by atoms with Crippen molar-refractivity contribution in [1.82, 2.24) is 9.97 Å². The maximum absolute atomic E-state index is 12.9. The van der Waals surface area contributed by atoms with Crippen LogP contribution in [-0.4, -0.2) is 30.0 Å². The van der Waals surface area contributed by atoms with Crippen LogP contribution in [0.15, 0.2) is 74.5 Å². The summed E-state index contributed by atoms with van der Waals surface area (Å²) in [6, 6.07) is 10.4. The van der Waals surface area contributed by atoms with Gasteiger partial charge in [0.15, 0.2) is 10.1 Å². The minimum atomic E-state index is -4.74. The van der Waals surface area contributed by atoms with Crippen molar-refractivity contribution in [3.63, 3.8) is 0 Å². The van der Waals surface area contributed by atoms with Gasteiger partial charge in [-0.1, -0.05) is 43.0 Å². The van der Waals surface area contributed by atoms with E-state index in [1.54, 1.807) is 12.1 Å². The van der Waals surface area contributed by atoms with E-state index in [1.807, 2.05) is 19.1 Å². The summed E-state index contributed by atoms with van der Waals surface area (Å²) in [6.45, 7) is 1.95. The molecule has 0 bridgehead atoms. The summed E-state index contributed by atoms with van der Waals surface area (Å²) >= 11 is 0.874. The van der Waals surface area contributed by atoms with Crippen LogP contribution in [-0.2, 0) is 27.2 Å². The van der Waals surface area contributed by atoms with E-state index >= 15 is 0 Å². The van der Waals surface area contributed by atoms with Crippen molar-refractivity contribution in [2.45, 2.75) is 34.5 Å². The highest BCUT2D eigenvalue weighted by Gasteiger charge is 2.32. The lowest BCUT2D eigenvalue weighted by molar-refractivity contribution is -0.137. The Morgan fingerprint density at radius 2 is 1.88 bits per heavy atom. The molecule has 3 aromatic rings. The number of sulfone groups is 1. The van der Waals surface area contributed by atoms with Crippen LogP contribution in [0, 0.1) is 0 Å². The highest BCUT2D eigenvalue weighted by Crippen LogP contribution is 2.31. The molecule has 0 aliphatic carbocycles. The molecule has 33 heavy (non-hydrogen) atoms. The second-order valence-electron chi connectivity index (χ2n) is 6.76. The molecule has 1 amide bonds. The highest BCUT2D eigenvalue weighted by molar-refractivity contribution is 7.99. The molecule has 0 aliphatic heterocycles. The van der Waals surface area contributed by atoms with Crippen LogP contribution in [0.25, 0.3) is 0 Å². The number of benzene rings is 2. The number of alkyl halides is 3. The quantitative estimate of drug-likeness (QED) is 0.378. The topological polar surface area (TPSA) is 109 Å². The van der Waals surface area contributed by atoms with Crippen molar-refractivity contribution in [1.29, 1.82) is 0 Å². The first-order chi connectivity index (χ1) is 15.5. The lowest BCUT2D eigenvalue weighted by Gasteiger charge is -2.10. The number of anilines is 1. The third kappa shape index (κ3) is 5.82. The van der Waals surface area contributed by atoms with Crippen LogP contribution in [0.4, 0.5) is 18.9 Å². The number of aromatic nitrogens is 2. The lowest BCUT2D eigenvalue weighted by Crippen LogP contribution is -2.20. The first kappa shape index (κ1) is 24.5. The first-order valence-electron chi connectivity index (χ1n) is 9.54. The number of carbonyl (C=O) groups is 1. The van der Waals surface area contributed by atoms with Crippen molar-refractivity contribution in [3.05, 3.63) is 76.2 Å². The molecule has 0 aliphatic rings. The number of rotatable bonds is 7. The number of thioether (sulfide) groups is 1. The predicted molar refractivity (Wildman–Crippen MR) is 117 cm³/mol.